The average Bonchev–Trinajstić information content (AvgIpc) is 2.59. The van der Waals surface area contributed by atoms with Crippen molar-refractivity contribution >= 4 is 57.4 Å². The number of carbonyl (C=O) groups excluding carboxylic acids is 1. The number of esters is 1. The van der Waals surface area contributed by atoms with Gasteiger partial charge in [0.1, 0.15) is 0 Å². The summed E-state index contributed by atoms with van der Waals surface area (Å²) in [6, 6.07) is 0. The van der Waals surface area contributed by atoms with Crippen molar-refractivity contribution in [2.24, 2.45) is 0 Å². The van der Waals surface area contributed by atoms with Gasteiger partial charge in [0.15, 0.2) is 0 Å². The van der Waals surface area contributed by atoms with Crippen LogP contribution in [0.25, 0.3) is 0 Å². The van der Waals surface area contributed by atoms with Crippen LogP contribution >= 0.6 is 0 Å². The number of allylic oxidation sites excluding steroid dienone is 4. The summed E-state index contributed by atoms with van der Waals surface area (Å²) in [7, 11) is 0. The van der Waals surface area contributed by atoms with Crippen LogP contribution in [0.3, 0.4) is 0 Å². The zero-order valence-corrected chi connectivity index (χ0v) is 17.0. The van der Waals surface area contributed by atoms with Crippen molar-refractivity contribution in [2.75, 3.05) is 13.2 Å². The molecular formula is C22H43KO3. The Kier molecular flexibility index (Phi) is 36.4. The first-order valence-electron chi connectivity index (χ1n) is 10.3. The Morgan fingerprint density at radius 2 is 1.31 bits per heavy atom. The van der Waals surface area contributed by atoms with Gasteiger partial charge in [0, 0.05) is 13.0 Å². The van der Waals surface area contributed by atoms with E-state index in [-0.39, 0.29) is 64.0 Å². The van der Waals surface area contributed by atoms with Gasteiger partial charge < -0.3 is 9.84 Å². The predicted molar refractivity (Wildman–Crippen MR) is 116 cm³/mol. The summed E-state index contributed by atoms with van der Waals surface area (Å²) >= 11 is 0. The van der Waals surface area contributed by atoms with Crippen molar-refractivity contribution < 1.29 is 14.6 Å². The van der Waals surface area contributed by atoms with Crippen molar-refractivity contribution in [2.45, 2.75) is 97.8 Å². The molecule has 150 valence electrons. The fourth-order valence-corrected chi connectivity index (χ4v) is 2.31. The molecule has 26 heavy (non-hydrogen) atoms. The molecule has 0 rings (SSSR count). The molecule has 0 aromatic rings. The zero-order chi connectivity index (χ0) is 19.0. The Bertz CT molecular complexity index is 315. The number of unbranched alkanes of at least 4 members (excludes halogenated alkanes) is 8. The first kappa shape index (κ1) is 31.2. The van der Waals surface area contributed by atoms with Gasteiger partial charge in [-0.1, -0.05) is 63.3 Å². The summed E-state index contributed by atoms with van der Waals surface area (Å²) in [5.74, 6) is -0.0480. The molecule has 0 spiro atoms. The Morgan fingerprint density at radius 1 is 0.808 bits per heavy atom. The third kappa shape index (κ3) is 32.2. The molecule has 0 atom stereocenters. The number of hydrogen-bond acceptors (Lipinski definition) is 3. The van der Waals surface area contributed by atoms with Gasteiger partial charge in [-0.05, 0) is 52.4 Å². The van der Waals surface area contributed by atoms with Crippen LogP contribution in [0.5, 0.6) is 0 Å². The van der Waals surface area contributed by atoms with Crippen LogP contribution in [-0.4, -0.2) is 75.7 Å². The quantitative estimate of drug-likeness (QED) is 0.167. The second kappa shape index (κ2) is 30.3. The van der Waals surface area contributed by atoms with Gasteiger partial charge in [-0.3, -0.25) is 4.79 Å². The van der Waals surface area contributed by atoms with E-state index in [0.717, 1.165) is 19.3 Å². The van der Waals surface area contributed by atoms with Gasteiger partial charge in [0.2, 0.25) is 0 Å². The molecule has 0 aliphatic carbocycles. The molecule has 0 heterocycles. The SMILES string of the molecule is CCCCC/C=C\C/C=C\CCCCCCCC(=O)OCC.CCO.[KH]. The molecule has 0 unspecified atom stereocenters. The van der Waals surface area contributed by atoms with Gasteiger partial charge in [-0.25, -0.2) is 0 Å². The standard InChI is InChI=1S/C20H36O2.C2H6O.K.H/c1-3-5-6-7-8-9-10-11-12-13-14-15-16-17-18-19-20(21)22-4-2;1-2-3;;/h8-9,11-12H,3-7,10,13-19H2,1-2H3;3H,2H2,1H3;;/b9-8-,12-11-;;;. The minimum atomic E-state index is -0.0480. The fourth-order valence-electron chi connectivity index (χ4n) is 2.31. The molecular weight excluding hydrogens is 351 g/mol. The van der Waals surface area contributed by atoms with E-state index in [0.29, 0.717) is 13.0 Å². The Morgan fingerprint density at radius 3 is 1.85 bits per heavy atom. The van der Waals surface area contributed by atoms with Crippen molar-refractivity contribution in [3.05, 3.63) is 24.3 Å². The average molecular weight is 395 g/mol. The van der Waals surface area contributed by atoms with Crippen LogP contribution in [0.1, 0.15) is 97.8 Å². The van der Waals surface area contributed by atoms with Crippen molar-refractivity contribution in [1.29, 1.82) is 0 Å². The minimum absolute atomic E-state index is 0. The topological polar surface area (TPSA) is 46.5 Å². The third-order valence-electron chi connectivity index (χ3n) is 3.64. The zero-order valence-electron chi connectivity index (χ0n) is 17.0. The van der Waals surface area contributed by atoms with E-state index in [1.807, 2.05) is 6.92 Å². The van der Waals surface area contributed by atoms with E-state index in [1.165, 1.54) is 51.4 Å². The van der Waals surface area contributed by atoms with Crippen LogP contribution in [0.15, 0.2) is 24.3 Å². The van der Waals surface area contributed by atoms with Gasteiger partial charge in [-0.2, -0.15) is 0 Å². The van der Waals surface area contributed by atoms with E-state index < -0.39 is 0 Å². The molecule has 0 aliphatic heterocycles. The maximum atomic E-state index is 11.1. The number of rotatable bonds is 15. The molecule has 0 amide bonds. The first-order chi connectivity index (χ1) is 12.2. The molecule has 0 saturated carbocycles. The number of carbonyl (C=O) groups is 1. The molecule has 0 aromatic heterocycles. The summed E-state index contributed by atoms with van der Waals surface area (Å²) in [4.78, 5) is 11.1. The van der Waals surface area contributed by atoms with Gasteiger partial charge in [-0.15, -0.1) is 0 Å². The third-order valence-corrected chi connectivity index (χ3v) is 3.64. The molecule has 0 bridgehead atoms. The van der Waals surface area contributed by atoms with Crippen LogP contribution < -0.4 is 0 Å². The summed E-state index contributed by atoms with van der Waals surface area (Å²) in [5, 5.41) is 7.57. The molecule has 3 nitrogen and oxygen atoms in total. The summed E-state index contributed by atoms with van der Waals surface area (Å²) in [5.41, 5.74) is 0. The summed E-state index contributed by atoms with van der Waals surface area (Å²) < 4.78 is 4.91. The van der Waals surface area contributed by atoms with Crippen LogP contribution in [-0.2, 0) is 9.53 Å². The van der Waals surface area contributed by atoms with E-state index in [2.05, 4.69) is 31.2 Å². The van der Waals surface area contributed by atoms with Gasteiger partial charge >= 0.3 is 57.4 Å². The monoisotopic (exact) mass is 394 g/mol. The molecule has 0 radical (unpaired) electrons. The van der Waals surface area contributed by atoms with E-state index in [1.54, 1.807) is 6.92 Å². The van der Waals surface area contributed by atoms with Crippen molar-refractivity contribution in [3.8, 4) is 0 Å². The van der Waals surface area contributed by atoms with E-state index in [4.69, 9.17) is 9.84 Å². The van der Waals surface area contributed by atoms with Crippen LogP contribution in [0.2, 0.25) is 0 Å². The first-order valence-corrected chi connectivity index (χ1v) is 10.3. The van der Waals surface area contributed by atoms with Crippen molar-refractivity contribution in [3.63, 3.8) is 0 Å². The number of ether oxygens (including phenoxy) is 1. The van der Waals surface area contributed by atoms with Gasteiger partial charge in [0.25, 0.3) is 0 Å². The molecule has 1 N–H and O–H groups in total. The molecule has 0 aliphatic rings. The van der Waals surface area contributed by atoms with E-state index >= 15 is 0 Å². The predicted octanol–water partition coefficient (Wildman–Crippen LogP) is 5.71. The second-order valence-electron chi connectivity index (χ2n) is 6.10. The number of aliphatic hydroxyl groups excluding tert-OH is 1. The molecule has 0 aromatic carbocycles. The summed E-state index contributed by atoms with van der Waals surface area (Å²) in [6.07, 6.45) is 23.1. The summed E-state index contributed by atoms with van der Waals surface area (Å²) in [6.45, 7) is 6.53. The van der Waals surface area contributed by atoms with Crippen LogP contribution in [0.4, 0.5) is 0 Å². The Labute approximate surface area is 205 Å². The van der Waals surface area contributed by atoms with Crippen LogP contribution in [0, 0.1) is 0 Å². The normalized spacial score (nSPS) is 10.5. The fraction of sp³-hybridized carbons (Fsp3) is 0.773. The molecule has 0 saturated heterocycles. The molecule has 0 fully saturated rings. The second-order valence-corrected chi connectivity index (χ2v) is 6.10. The molecule has 4 heteroatoms. The van der Waals surface area contributed by atoms with Gasteiger partial charge in [0.05, 0.1) is 6.61 Å². The number of aliphatic hydroxyl groups is 1. The van der Waals surface area contributed by atoms with Crippen molar-refractivity contribution in [1.82, 2.24) is 0 Å². The Balaban J connectivity index is -0.00000123. The maximum absolute atomic E-state index is 11.1. The number of hydrogen-bond donors (Lipinski definition) is 1. The van der Waals surface area contributed by atoms with E-state index in [9.17, 15) is 4.79 Å². The Hall–Kier alpha value is 0.546.